The molecule has 27 heavy (non-hydrogen) atoms. The zero-order valence-electron chi connectivity index (χ0n) is 15.1. The standard InChI is InChI=1S/C20H20ClN3O2S/c1-13(10-15-5-7-16(21)8-6-15)23-19(25)18-4-3-9-22-20(18)27-12-17-11-14(2)26-24-17/h3-9,11,13H,10,12H2,1-2H3,(H,23,25). The van der Waals surface area contributed by atoms with Gasteiger partial charge < -0.3 is 9.84 Å². The zero-order valence-corrected chi connectivity index (χ0v) is 16.7. The first kappa shape index (κ1) is 19.5. The number of rotatable bonds is 7. The summed E-state index contributed by atoms with van der Waals surface area (Å²) in [6.07, 6.45) is 2.41. The molecule has 1 amide bonds. The Balaban J connectivity index is 1.62. The molecule has 1 atom stereocenters. The van der Waals surface area contributed by atoms with Crippen LogP contribution in [0.3, 0.4) is 0 Å². The Kier molecular flexibility index (Phi) is 6.53. The minimum atomic E-state index is -0.136. The van der Waals surface area contributed by atoms with Gasteiger partial charge in [0.25, 0.3) is 5.91 Å². The van der Waals surface area contributed by atoms with E-state index in [9.17, 15) is 4.79 Å². The van der Waals surface area contributed by atoms with Crippen molar-refractivity contribution in [1.82, 2.24) is 15.5 Å². The predicted octanol–water partition coefficient (Wildman–Crippen LogP) is 4.68. The van der Waals surface area contributed by atoms with Crippen molar-refractivity contribution < 1.29 is 9.32 Å². The maximum Gasteiger partial charge on any atom is 0.254 e. The number of benzene rings is 1. The zero-order chi connectivity index (χ0) is 19.2. The number of carbonyl (C=O) groups excluding carboxylic acids is 1. The van der Waals surface area contributed by atoms with Crippen molar-refractivity contribution in [2.75, 3.05) is 0 Å². The van der Waals surface area contributed by atoms with Crippen molar-refractivity contribution in [3.05, 3.63) is 76.3 Å². The van der Waals surface area contributed by atoms with Crippen LogP contribution in [-0.2, 0) is 12.2 Å². The molecule has 0 aliphatic heterocycles. The summed E-state index contributed by atoms with van der Waals surface area (Å²) in [6, 6.07) is 13.1. The van der Waals surface area contributed by atoms with Gasteiger partial charge in [-0.1, -0.05) is 40.7 Å². The van der Waals surface area contributed by atoms with Crippen molar-refractivity contribution in [1.29, 1.82) is 0 Å². The quantitative estimate of drug-likeness (QED) is 0.582. The van der Waals surface area contributed by atoms with Crippen LogP contribution in [0.4, 0.5) is 0 Å². The summed E-state index contributed by atoms with van der Waals surface area (Å²) in [5.41, 5.74) is 2.51. The number of amides is 1. The van der Waals surface area contributed by atoms with Crippen molar-refractivity contribution in [3.63, 3.8) is 0 Å². The molecule has 0 spiro atoms. The molecule has 3 aromatic rings. The first-order valence-corrected chi connectivity index (χ1v) is 9.93. The molecule has 1 aromatic carbocycles. The summed E-state index contributed by atoms with van der Waals surface area (Å²) in [5.74, 6) is 1.22. The first-order valence-electron chi connectivity index (χ1n) is 8.56. The fourth-order valence-corrected chi connectivity index (χ4v) is 3.63. The molecule has 0 aliphatic carbocycles. The summed E-state index contributed by atoms with van der Waals surface area (Å²) in [6.45, 7) is 3.83. The van der Waals surface area contributed by atoms with Gasteiger partial charge in [-0.25, -0.2) is 4.98 Å². The highest BCUT2D eigenvalue weighted by Gasteiger charge is 2.16. The number of halogens is 1. The van der Waals surface area contributed by atoms with Gasteiger partial charge in [0, 0.05) is 29.1 Å². The Morgan fingerprint density at radius 1 is 1.30 bits per heavy atom. The van der Waals surface area contributed by atoms with Gasteiger partial charge in [-0.05, 0) is 50.1 Å². The van der Waals surface area contributed by atoms with E-state index in [-0.39, 0.29) is 11.9 Å². The van der Waals surface area contributed by atoms with Gasteiger partial charge in [0.2, 0.25) is 0 Å². The van der Waals surface area contributed by atoms with Crippen LogP contribution >= 0.6 is 23.4 Å². The van der Waals surface area contributed by atoms with E-state index in [0.717, 1.165) is 23.4 Å². The summed E-state index contributed by atoms with van der Waals surface area (Å²) < 4.78 is 5.08. The number of aryl methyl sites for hydroxylation is 1. The molecule has 140 valence electrons. The van der Waals surface area contributed by atoms with E-state index >= 15 is 0 Å². The lowest BCUT2D eigenvalue weighted by molar-refractivity contribution is 0.0936. The number of hydrogen-bond donors (Lipinski definition) is 1. The van der Waals surface area contributed by atoms with E-state index in [4.69, 9.17) is 16.1 Å². The molecule has 2 heterocycles. The molecule has 0 saturated heterocycles. The molecule has 1 N–H and O–H groups in total. The summed E-state index contributed by atoms with van der Waals surface area (Å²) in [7, 11) is 0. The van der Waals surface area contributed by atoms with E-state index in [2.05, 4.69) is 15.5 Å². The molecule has 2 aromatic heterocycles. The third-order valence-corrected chi connectivity index (χ3v) is 5.17. The summed E-state index contributed by atoms with van der Waals surface area (Å²) in [5, 5.41) is 8.39. The number of hydrogen-bond acceptors (Lipinski definition) is 5. The van der Waals surface area contributed by atoms with Crippen LogP contribution in [-0.4, -0.2) is 22.1 Å². The molecular formula is C20H20ClN3O2S. The smallest absolute Gasteiger partial charge is 0.254 e. The molecule has 7 heteroatoms. The molecular weight excluding hydrogens is 382 g/mol. The summed E-state index contributed by atoms with van der Waals surface area (Å²) >= 11 is 7.38. The fraction of sp³-hybridized carbons (Fsp3) is 0.250. The maximum atomic E-state index is 12.7. The maximum absolute atomic E-state index is 12.7. The first-order chi connectivity index (χ1) is 13.0. The number of carbonyl (C=O) groups is 1. The van der Waals surface area contributed by atoms with E-state index < -0.39 is 0 Å². The Bertz CT molecular complexity index is 912. The van der Waals surface area contributed by atoms with Crippen LogP contribution in [0.5, 0.6) is 0 Å². The van der Waals surface area contributed by atoms with Gasteiger partial charge in [-0.2, -0.15) is 0 Å². The number of thioether (sulfide) groups is 1. The van der Waals surface area contributed by atoms with Crippen molar-refractivity contribution in [2.45, 2.75) is 37.1 Å². The molecule has 1 unspecified atom stereocenters. The van der Waals surface area contributed by atoms with Crippen LogP contribution in [0.2, 0.25) is 5.02 Å². The highest BCUT2D eigenvalue weighted by molar-refractivity contribution is 7.98. The van der Waals surface area contributed by atoms with Gasteiger partial charge >= 0.3 is 0 Å². The van der Waals surface area contributed by atoms with Crippen LogP contribution in [0.25, 0.3) is 0 Å². The lowest BCUT2D eigenvalue weighted by atomic mass is 10.1. The average molecular weight is 402 g/mol. The third kappa shape index (κ3) is 5.58. The lowest BCUT2D eigenvalue weighted by Crippen LogP contribution is -2.34. The normalized spacial score (nSPS) is 12.0. The minimum Gasteiger partial charge on any atom is -0.361 e. The lowest BCUT2D eigenvalue weighted by Gasteiger charge is -2.15. The number of nitrogens with zero attached hydrogens (tertiary/aromatic N) is 2. The Morgan fingerprint density at radius 3 is 2.78 bits per heavy atom. The molecule has 0 saturated carbocycles. The topological polar surface area (TPSA) is 68.0 Å². The Labute approximate surface area is 167 Å². The third-order valence-electron chi connectivity index (χ3n) is 3.88. The van der Waals surface area contributed by atoms with Crippen molar-refractivity contribution in [3.8, 4) is 0 Å². The number of nitrogens with one attached hydrogen (secondary N) is 1. The van der Waals surface area contributed by atoms with E-state index in [1.807, 2.05) is 44.2 Å². The Morgan fingerprint density at radius 2 is 2.07 bits per heavy atom. The molecule has 0 aliphatic rings. The highest BCUT2D eigenvalue weighted by atomic mass is 35.5. The molecule has 5 nitrogen and oxygen atoms in total. The second-order valence-corrected chi connectivity index (χ2v) is 7.68. The molecule has 0 fully saturated rings. The number of pyridine rings is 1. The van der Waals surface area contributed by atoms with Gasteiger partial charge in [0.05, 0.1) is 11.3 Å². The average Bonchev–Trinajstić information content (AvgIpc) is 3.07. The largest absolute Gasteiger partial charge is 0.361 e. The second kappa shape index (κ2) is 9.06. The predicted molar refractivity (Wildman–Crippen MR) is 107 cm³/mol. The van der Waals surface area contributed by atoms with E-state index in [1.54, 1.807) is 18.3 Å². The monoisotopic (exact) mass is 401 g/mol. The molecule has 3 rings (SSSR count). The SMILES string of the molecule is Cc1cc(CSc2ncccc2C(=O)NC(C)Cc2ccc(Cl)cc2)no1. The van der Waals surface area contributed by atoms with Crippen LogP contribution < -0.4 is 5.32 Å². The molecule has 0 bridgehead atoms. The highest BCUT2D eigenvalue weighted by Crippen LogP contribution is 2.24. The van der Waals surface area contributed by atoms with Crippen LogP contribution in [0.15, 0.2) is 58.2 Å². The van der Waals surface area contributed by atoms with Crippen molar-refractivity contribution >= 4 is 29.3 Å². The minimum absolute atomic E-state index is 0.0186. The van der Waals surface area contributed by atoms with Gasteiger partial charge in [-0.15, -0.1) is 0 Å². The van der Waals surface area contributed by atoms with Crippen molar-refractivity contribution in [2.24, 2.45) is 0 Å². The fourth-order valence-electron chi connectivity index (χ4n) is 2.63. The van der Waals surface area contributed by atoms with Crippen LogP contribution in [0, 0.1) is 6.92 Å². The Hall–Kier alpha value is -2.31. The van der Waals surface area contributed by atoms with E-state index in [1.165, 1.54) is 11.8 Å². The van der Waals surface area contributed by atoms with Gasteiger partial charge in [0.1, 0.15) is 10.8 Å². The number of aromatic nitrogens is 2. The van der Waals surface area contributed by atoms with Gasteiger partial charge in [0.15, 0.2) is 0 Å². The van der Waals surface area contributed by atoms with Crippen LogP contribution in [0.1, 0.15) is 34.3 Å². The molecule has 0 radical (unpaired) electrons. The second-order valence-electron chi connectivity index (χ2n) is 6.28. The van der Waals surface area contributed by atoms with Gasteiger partial charge in [-0.3, -0.25) is 4.79 Å². The van der Waals surface area contributed by atoms with E-state index in [0.29, 0.717) is 21.4 Å². The summed E-state index contributed by atoms with van der Waals surface area (Å²) in [4.78, 5) is 17.1.